The van der Waals surface area contributed by atoms with Gasteiger partial charge in [-0.05, 0) is 37.6 Å². The van der Waals surface area contributed by atoms with Crippen LogP contribution in [0.15, 0.2) is 41.2 Å². The summed E-state index contributed by atoms with van der Waals surface area (Å²) >= 11 is 0. The molecular formula is C24H30N6O2. The number of rotatable bonds is 6. The SMILES string of the molecule is Nn1c(CCCCN2CCN(c3ccc4ccccc4n3)CC2)nc2c(c1=O)CC(O)C2. The molecule has 3 heterocycles. The van der Waals surface area contributed by atoms with Gasteiger partial charge in [-0.1, -0.05) is 18.2 Å². The van der Waals surface area contributed by atoms with Crippen molar-refractivity contribution >= 4 is 16.7 Å². The summed E-state index contributed by atoms with van der Waals surface area (Å²) in [6.45, 7) is 5.01. The Bertz CT molecular complexity index is 1170. The predicted molar refractivity (Wildman–Crippen MR) is 125 cm³/mol. The molecule has 1 aliphatic carbocycles. The number of hydrogen-bond acceptors (Lipinski definition) is 7. The van der Waals surface area contributed by atoms with E-state index in [1.54, 1.807) is 0 Å². The molecule has 1 unspecified atom stereocenters. The third-order valence-corrected chi connectivity index (χ3v) is 6.64. The number of unbranched alkanes of at least 4 members (excludes halogenated alkanes) is 1. The molecule has 8 heteroatoms. The Balaban J connectivity index is 1.10. The first kappa shape index (κ1) is 20.9. The number of piperazine rings is 1. The summed E-state index contributed by atoms with van der Waals surface area (Å²) in [7, 11) is 0. The van der Waals surface area contributed by atoms with Crippen molar-refractivity contribution in [3.05, 3.63) is 63.8 Å². The number of nitrogens with zero attached hydrogens (tertiary/aromatic N) is 5. The number of aromatic nitrogens is 3. The molecule has 0 radical (unpaired) electrons. The lowest BCUT2D eigenvalue weighted by Gasteiger charge is -2.35. The summed E-state index contributed by atoms with van der Waals surface area (Å²) in [5, 5.41) is 11.0. The van der Waals surface area contributed by atoms with Crippen LogP contribution < -0.4 is 16.3 Å². The summed E-state index contributed by atoms with van der Waals surface area (Å²) in [6, 6.07) is 12.5. The predicted octanol–water partition coefficient (Wildman–Crippen LogP) is 1.11. The molecule has 1 aromatic carbocycles. The van der Waals surface area contributed by atoms with Gasteiger partial charge in [-0.15, -0.1) is 0 Å². The first-order chi connectivity index (χ1) is 15.6. The van der Waals surface area contributed by atoms with Gasteiger partial charge in [0.05, 0.1) is 17.3 Å². The van der Waals surface area contributed by atoms with Crippen molar-refractivity contribution in [1.29, 1.82) is 0 Å². The van der Waals surface area contributed by atoms with Crippen LogP contribution in [0.25, 0.3) is 10.9 Å². The molecule has 168 valence electrons. The zero-order valence-corrected chi connectivity index (χ0v) is 18.3. The molecule has 0 bridgehead atoms. The quantitative estimate of drug-likeness (QED) is 0.443. The minimum atomic E-state index is -0.510. The molecule has 0 saturated carbocycles. The van der Waals surface area contributed by atoms with Gasteiger partial charge in [0.15, 0.2) is 0 Å². The molecular weight excluding hydrogens is 404 g/mol. The molecule has 1 atom stereocenters. The fourth-order valence-electron chi connectivity index (χ4n) is 4.79. The van der Waals surface area contributed by atoms with E-state index in [9.17, 15) is 9.90 Å². The lowest BCUT2D eigenvalue weighted by molar-refractivity contribution is 0.186. The van der Waals surface area contributed by atoms with E-state index in [1.807, 2.05) is 12.1 Å². The van der Waals surface area contributed by atoms with Gasteiger partial charge in [0, 0.05) is 56.4 Å². The molecule has 2 aliphatic rings. The minimum absolute atomic E-state index is 0.208. The van der Waals surface area contributed by atoms with Crippen molar-refractivity contribution in [3.8, 4) is 0 Å². The fraction of sp³-hybridized carbons (Fsp3) is 0.458. The van der Waals surface area contributed by atoms with E-state index >= 15 is 0 Å². The number of benzene rings is 1. The highest BCUT2D eigenvalue weighted by Gasteiger charge is 2.26. The third kappa shape index (κ3) is 4.20. The van der Waals surface area contributed by atoms with Crippen LogP contribution in [0.1, 0.15) is 29.9 Å². The summed E-state index contributed by atoms with van der Waals surface area (Å²) in [5.74, 6) is 7.64. The second-order valence-corrected chi connectivity index (χ2v) is 8.84. The highest BCUT2D eigenvalue weighted by Crippen LogP contribution is 2.20. The second kappa shape index (κ2) is 8.88. The lowest BCUT2D eigenvalue weighted by atomic mass is 10.2. The van der Waals surface area contributed by atoms with Gasteiger partial charge in [-0.2, -0.15) is 0 Å². The maximum atomic E-state index is 12.4. The number of aliphatic hydroxyl groups excluding tert-OH is 1. The molecule has 1 fully saturated rings. The van der Waals surface area contributed by atoms with Crippen molar-refractivity contribution in [2.45, 2.75) is 38.2 Å². The number of fused-ring (bicyclic) bond motifs is 2. The number of para-hydroxylation sites is 1. The Morgan fingerprint density at radius 3 is 2.66 bits per heavy atom. The maximum Gasteiger partial charge on any atom is 0.275 e. The number of aliphatic hydroxyl groups is 1. The Morgan fingerprint density at radius 1 is 1.00 bits per heavy atom. The number of hydrogen-bond donors (Lipinski definition) is 2. The molecule has 1 saturated heterocycles. The average Bonchev–Trinajstić information content (AvgIpc) is 3.20. The minimum Gasteiger partial charge on any atom is -0.392 e. The number of anilines is 1. The van der Waals surface area contributed by atoms with Crippen LogP contribution in [-0.4, -0.2) is 63.5 Å². The van der Waals surface area contributed by atoms with E-state index < -0.39 is 6.10 Å². The van der Waals surface area contributed by atoms with Crippen LogP contribution in [0.2, 0.25) is 0 Å². The maximum absolute atomic E-state index is 12.4. The molecule has 32 heavy (non-hydrogen) atoms. The number of nitrogen functional groups attached to an aromatic ring is 1. The first-order valence-electron chi connectivity index (χ1n) is 11.5. The van der Waals surface area contributed by atoms with Gasteiger partial charge in [0.25, 0.3) is 5.56 Å². The van der Waals surface area contributed by atoms with Crippen LogP contribution in [-0.2, 0) is 19.3 Å². The molecule has 3 N–H and O–H groups in total. The van der Waals surface area contributed by atoms with E-state index in [-0.39, 0.29) is 5.56 Å². The normalized spacial score (nSPS) is 18.9. The van der Waals surface area contributed by atoms with Crippen LogP contribution in [0.5, 0.6) is 0 Å². The van der Waals surface area contributed by atoms with Crippen molar-refractivity contribution in [2.24, 2.45) is 0 Å². The van der Waals surface area contributed by atoms with E-state index in [1.165, 1.54) is 10.1 Å². The average molecular weight is 435 g/mol. The summed E-state index contributed by atoms with van der Waals surface area (Å²) in [4.78, 5) is 26.6. The van der Waals surface area contributed by atoms with Crippen LogP contribution in [0.4, 0.5) is 5.82 Å². The van der Waals surface area contributed by atoms with E-state index in [0.29, 0.717) is 30.7 Å². The monoisotopic (exact) mass is 434 g/mol. The van der Waals surface area contributed by atoms with Crippen LogP contribution in [0.3, 0.4) is 0 Å². The molecule has 0 amide bonds. The smallest absolute Gasteiger partial charge is 0.275 e. The van der Waals surface area contributed by atoms with Crippen molar-refractivity contribution in [1.82, 2.24) is 19.5 Å². The number of aryl methyl sites for hydroxylation is 1. The number of nitrogens with two attached hydrogens (primary N) is 1. The van der Waals surface area contributed by atoms with Crippen molar-refractivity contribution in [2.75, 3.05) is 43.5 Å². The molecule has 8 nitrogen and oxygen atoms in total. The van der Waals surface area contributed by atoms with Gasteiger partial charge in [0.2, 0.25) is 0 Å². The zero-order chi connectivity index (χ0) is 22.1. The summed E-state index contributed by atoms with van der Waals surface area (Å²) in [5.41, 5.74) is 2.13. The van der Waals surface area contributed by atoms with Crippen molar-refractivity contribution < 1.29 is 5.11 Å². The summed E-state index contributed by atoms with van der Waals surface area (Å²) in [6.07, 6.45) is 2.94. The Hall–Kier alpha value is -2.97. The van der Waals surface area contributed by atoms with Gasteiger partial charge >= 0.3 is 0 Å². The summed E-state index contributed by atoms with van der Waals surface area (Å²) < 4.78 is 1.17. The molecule has 1 aliphatic heterocycles. The van der Waals surface area contributed by atoms with Crippen LogP contribution >= 0.6 is 0 Å². The first-order valence-corrected chi connectivity index (χ1v) is 11.5. The third-order valence-electron chi connectivity index (χ3n) is 6.64. The highest BCUT2D eigenvalue weighted by molar-refractivity contribution is 5.80. The fourth-order valence-corrected chi connectivity index (χ4v) is 4.79. The van der Waals surface area contributed by atoms with E-state index in [0.717, 1.165) is 62.6 Å². The second-order valence-electron chi connectivity index (χ2n) is 8.84. The van der Waals surface area contributed by atoms with Gasteiger partial charge in [-0.25, -0.2) is 14.6 Å². The van der Waals surface area contributed by atoms with Gasteiger partial charge < -0.3 is 15.8 Å². The Kier molecular flexibility index (Phi) is 5.80. The van der Waals surface area contributed by atoms with E-state index in [4.69, 9.17) is 10.8 Å². The zero-order valence-electron chi connectivity index (χ0n) is 18.3. The molecule has 0 spiro atoms. The number of pyridine rings is 1. The molecule has 3 aromatic rings. The standard InChI is InChI=1S/C24H30N6O2/c25-30-23(27-21-16-18(31)15-19(21)24(30)32)7-3-4-10-28-11-13-29(14-12-28)22-9-8-17-5-1-2-6-20(17)26-22/h1-2,5-6,8-9,18,31H,3-4,7,10-16,25H2. The lowest BCUT2D eigenvalue weighted by Crippen LogP contribution is -2.46. The highest BCUT2D eigenvalue weighted by atomic mass is 16.3. The van der Waals surface area contributed by atoms with Gasteiger partial charge in [0.1, 0.15) is 11.6 Å². The van der Waals surface area contributed by atoms with Crippen LogP contribution in [0, 0.1) is 0 Å². The Labute approximate surface area is 187 Å². The molecule has 5 rings (SSSR count). The molecule has 2 aromatic heterocycles. The largest absolute Gasteiger partial charge is 0.392 e. The Morgan fingerprint density at radius 2 is 1.81 bits per heavy atom. The van der Waals surface area contributed by atoms with Crippen molar-refractivity contribution in [3.63, 3.8) is 0 Å². The topological polar surface area (TPSA) is 101 Å². The van der Waals surface area contributed by atoms with E-state index in [2.05, 4.69) is 39.0 Å². The van der Waals surface area contributed by atoms with Gasteiger partial charge in [-0.3, -0.25) is 9.69 Å².